The van der Waals surface area contributed by atoms with Gasteiger partial charge in [0.25, 0.3) is 0 Å². The van der Waals surface area contributed by atoms with Crippen LogP contribution in [0.4, 0.5) is 0 Å². The summed E-state index contributed by atoms with van der Waals surface area (Å²) in [4.78, 5) is 26.0. The van der Waals surface area contributed by atoms with Crippen LogP contribution in [0.5, 0.6) is 5.75 Å². The van der Waals surface area contributed by atoms with Gasteiger partial charge in [-0.15, -0.1) is 10.2 Å². The predicted octanol–water partition coefficient (Wildman–Crippen LogP) is 2.92. The highest BCUT2D eigenvalue weighted by Crippen LogP contribution is 2.40. The average molecular weight is 372 g/mol. The zero-order valence-corrected chi connectivity index (χ0v) is 16.0. The van der Waals surface area contributed by atoms with Crippen LogP contribution in [-0.4, -0.2) is 33.7 Å². The molecule has 2 aromatic rings. The number of ether oxygens (including phenoxy) is 1. The highest BCUT2D eigenvalue weighted by Gasteiger charge is 2.35. The maximum atomic E-state index is 12.8. The van der Waals surface area contributed by atoms with Gasteiger partial charge in [0.1, 0.15) is 5.75 Å². The molecule has 1 aliphatic heterocycles. The van der Waals surface area contributed by atoms with Crippen molar-refractivity contribution in [2.24, 2.45) is 0 Å². The zero-order valence-electron chi connectivity index (χ0n) is 15.1. The Kier molecular flexibility index (Phi) is 5.13. The second kappa shape index (κ2) is 7.33. The van der Waals surface area contributed by atoms with Crippen LogP contribution < -0.4 is 9.75 Å². The molecule has 0 saturated heterocycles. The summed E-state index contributed by atoms with van der Waals surface area (Å²) in [5, 5.41) is 10.2. The summed E-state index contributed by atoms with van der Waals surface area (Å²) in [5.41, 5.74) is 1.28. The minimum absolute atomic E-state index is 0.0476. The lowest BCUT2D eigenvalue weighted by Crippen LogP contribution is -2.42. The van der Waals surface area contributed by atoms with Crippen molar-refractivity contribution in [2.45, 2.75) is 38.8 Å². The number of thioether (sulfide) groups is 1. The number of fused-ring (bicyclic) bond motifs is 1. The van der Waals surface area contributed by atoms with Crippen LogP contribution in [0.2, 0.25) is 0 Å². The molecule has 26 heavy (non-hydrogen) atoms. The largest absolute Gasteiger partial charge is 0.497 e. The molecular weight excluding hydrogens is 352 g/mol. The standard InChI is InChI=1S/C18H20N4O3S/c1-5-14(23)17-16(12-8-7-9-13(10-12)25-4)22(15(24)6-2)21-11(3)19-20-18(21)26-17/h7-10H,5-6H2,1-4H3. The Hall–Kier alpha value is -2.61. The fourth-order valence-electron chi connectivity index (χ4n) is 2.73. The molecule has 0 atom stereocenters. The number of methoxy groups -OCH3 is 1. The Bertz CT molecular complexity index is 904. The average Bonchev–Trinajstić information content (AvgIpc) is 3.05. The number of ketones is 1. The Morgan fingerprint density at radius 3 is 2.62 bits per heavy atom. The van der Waals surface area contributed by atoms with Crippen LogP contribution in [0.1, 0.15) is 38.1 Å². The van der Waals surface area contributed by atoms with E-state index in [-0.39, 0.29) is 18.1 Å². The van der Waals surface area contributed by atoms with Gasteiger partial charge in [-0.2, -0.15) is 0 Å². The first-order valence-corrected chi connectivity index (χ1v) is 9.18. The van der Waals surface area contributed by atoms with Crippen molar-refractivity contribution < 1.29 is 14.3 Å². The number of rotatable bonds is 5. The lowest BCUT2D eigenvalue weighted by atomic mass is 10.1. The van der Waals surface area contributed by atoms with Crippen LogP contribution in [-0.2, 0) is 9.59 Å². The van der Waals surface area contributed by atoms with E-state index in [2.05, 4.69) is 10.2 Å². The molecular formula is C18H20N4O3S. The van der Waals surface area contributed by atoms with Crippen LogP contribution in [0.15, 0.2) is 34.3 Å². The predicted molar refractivity (Wildman–Crippen MR) is 99.3 cm³/mol. The molecule has 1 aliphatic rings. The fraction of sp³-hybridized carbons (Fsp3) is 0.333. The van der Waals surface area contributed by atoms with Gasteiger partial charge in [0, 0.05) is 18.4 Å². The topological polar surface area (TPSA) is 77.3 Å². The van der Waals surface area contributed by atoms with E-state index in [4.69, 9.17) is 4.74 Å². The molecule has 8 heteroatoms. The fourth-order valence-corrected chi connectivity index (χ4v) is 3.85. The monoisotopic (exact) mass is 372 g/mol. The zero-order chi connectivity index (χ0) is 18.8. The van der Waals surface area contributed by atoms with Gasteiger partial charge in [-0.1, -0.05) is 26.0 Å². The summed E-state index contributed by atoms with van der Waals surface area (Å²) in [6, 6.07) is 7.34. The Balaban J connectivity index is 2.30. The van der Waals surface area contributed by atoms with Gasteiger partial charge in [-0.3, -0.25) is 9.59 Å². The van der Waals surface area contributed by atoms with Crippen molar-refractivity contribution in [2.75, 3.05) is 12.1 Å². The molecule has 3 rings (SSSR count). The molecule has 0 bridgehead atoms. The molecule has 0 unspecified atom stereocenters. The smallest absolute Gasteiger partial charge is 0.246 e. The van der Waals surface area contributed by atoms with Crippen LogP contribution in [0.25, 0.3) is 5.70 Å². The van der Waals surface area contributed by atoms with Crippen molar-refractivity contribution in [3.8, 4) is 5.75 Å². The van der Waals surface area contributed by atoms with Gasteiger partial charge in [0.15, 0.2) is 11.6 Å². The van der Waals surface area contributed by atoms with E-state index in [0.717, 1.165) is 5.56 Å². The molecule has 2 heterocycles. The minimum atomic E-state index is -0.145. The maximum Gasteiger partial charge on any atom is 0.246 e. The maximum absolute atomic E-state index is 12.8. The molecule has 0 aliphatic carbocycles. The number of carbonyl (C=O) groups excluding carboxylic acids is 2. The number of Topliss-reactive ketones (excluding diaryl/α,β-unsaturated/α-hetero) is 1. The summed E-state index contributed by atoms with van der Waals surface area (Å²) in [6.07, 6.45) is 0.611. The molecule has 7 nitrogen and oxygen atoms in total. The van der Waals surface area contributed by atoms with E-state index in [1.165, 1.54) is 16.8 Å². The lowest BCUT2D eigenvalue weighted by Gasteiger charge is -2.32. The lowest BCUT2D eigenvalue weighted by molar-refractivity contribution is -0.119. The summed E-state index contributed by atoms with van der Waals surface area (Å²) in [7, 11) is 1.58. The Morgan fingerprint density at radius 2 is 1.96 bits per heavy atom. The molecule has 0 fully saturated rings. The summed E-state index contributed by atoms with van der Waals surface area (Å²) < 4.78 is 6.98. The summed E-state index contributed by atoms with van der Waals surface area (Å²) in [6.45, 7) is 5.37. The van der Waals surface area contributed by atoms with Crippen LogP contribution >= 0.6 is 11.8 Å². The van der Waals surface area contributed by atoms with Gasteiger partial charge in [0.05, 0.1) is 17.7 Å². The van der Waals surface area contributed by atoms with Crippen LogP contribution in [0.3, 0.4) is 0 Å². The highest BCUT2D eigenvalue weighted by atomic mass is 32.2. The number of carbonyl (C=O) groups is 2. The molecule has 136 valence electrons. The number of amides is 1. The number of benzene rings is 1. The van der Waals surface area contributed by atoms with Gasteiger partial charge in [0.2, 0.25) is 11.1 Å². The highest BCUT2D eigenvalue weighted by molar-refractivity contribution is 8.04. The van der Waals surface area contributed by atoms with Crippen molar-refractivity contribution in [3.63, 3.8) is 0 Å². The van der Waals surface area contributed by atoms with E-state index < -0.39 is 0 Å². The number of allylic oxidation sites excluding steroid dienone is 1. The molecule has 0 spiro atoms. The second-order valence-electron chi connectivity index (χ2n) is 5.69. The summed E-state index contributed by atoms with van der Waals surface area (Å²) in [5.74, 6) is 1.04. The van der Waals surface area contributed by atoms with Gasteiger partial charge in [-0.05, 0) is 30.8 Å². The first-order valence-electron chi connectivity index (χ1n) is 8.36. The Morgan fingerprint density at radius 1 is 1.19 bits per heavy atom. The van der Waals surface area contributed by atoms with Crippen molar-refractivity contribution >= 4 is 29.1 Å². The third-order valence-corrected chi connectivity index (χ3v) is 5.11. The summed E-state index contributed by atoms with van der Waals surface area (Å²) >= 11 is 1.24. The third kappa shape index (κ3) is 3.01. The van der Waals surface area contributed by atoms with Gasteiger partial charge in [-0.25, -0.2) is 9.69 Å². The van der Waals surface area contributed by atoms with Crippen molar-refractivity contribution in [1.29, 1.82) is 0 Å². The third-order valence-electron chi connectivity index (χ3n) is 4.04. The van der Waals surface area contributed by atoms with E-state index in [1.807, 2.05) is 24.3 Å². The molecule has 1 aromatic carbocycles. The minimum Gasteiger partial charge on any atom is -0.497 e. The number of nitrogens with zero attached hydrogens (tertiary/aromatic N) is 4. The molecule has 0 radical (unpaired) electrons. The van der Waals surface area contributed by atoms with Crippen molar-refractivity contribution in [3.05, 3.63) is 40.6 Å². The second-order valence-corrected chi connectivity index (χ2v) is 6.67. The first kappa shape index (κ1) is 18.2. The number of hydrogen-bond donors (Lipinski definition) is 0. The van der Waals surface area contributed by atoms with Gasteiger partial charge < -0.3 is 4.74 Å². The Labute approximate surface area is 156 Å². The number of hydrogen-bond acceptors (Lipinski definition) is 6. The number of aromatic nitrogens is 3. The normalized spacial score (nSPS) is 13.6. The van der Waals surface area contributed by atoms with Crippen LogP contribution in [0, 0.1) is 6.92 Å². The van der Waals surface area contributed by atoms with Gasteiger partial charge >= 0.3 is 0 Å². The molecule has 0 N–H and O–H groups in total. The number of aryl methyl sites for hydroxylation is 1. The quantitative estimate of drug-likeness (QED) is 0.803. The molecule has 1 amide bonds. The van der Waals surface area contributed by atoms with E-state index in [9.17, 15) is 9.59 Å². The van der Waals surface area contributed by atoms with E-state index >= 15 is 0 Å². The molecule has 0 saturated carbocycles. The molecule has 1 aromatic heterocycles. The van der Waals surface area contributed by atoms with E-state index in [1.54, 1.807) is 32.6 Å². The van der Waals surface area contributed by atoms with E-state index in [0.29, 0.717) is 33.8 Å². The SMILES string of the molecule is CCC(=O)C1=C(c2cccc(OC)c2)N(C(=O)CC)n2c(C)nnc2S1. The first-order chi connectivity index (χ1) is 12.5. The van der Waals surface area contributed by atoms with Crippen molar-refractivity contribution in [1.82, 2.24) is 14.9 Å².